The highest BCUT2D eigenvalue weighted by atomic mass is 16.8. The van der Waals surface area contributed by atoms with Crippen molar-refractivity contribution in [3.8, 4) is 0 Å². The predicted molar refractivity (Wildman–Crippen MR) is 86.2 cm³/mol. The normalized spacial score (nSPS) is 36.3. The molecular formula is C18H26O6. The van der Waals surface area contributed by atoms with E-state index in [9.17, 15) is 5.11 Å². The van der Waals surface area contributed by atoms with E-state index in [2.05, 4.69) is 0 Å². The first kappa shape index (κ1) is 17.8. The van der Waals surface area contributed by atoms with Crippen molar-refractivity contribution in [1.82, 2.24) is 0 Å². The molecule has 0 aromatic heterocycles. The molecular weight excluding hydrogens is 312 g/mol. The lowest BCUT2D eigenvalue weighted by Crippen LogP contribution is -2.60. The van der Waals surface area contributed by atoms with Crippen molar-refractivity contribution < 1.29 is 28.8 Å². The SMILES string of the molecule is CO[C@H]1O[C@H]([C@H](C)O)[C@@H](OCc2ccccc2)[C@@H]2OC(C)(C)O[C@H]12. The van der Waals surface area contributed by atoms with Crippen molar-refractivity contribution in [3.05, 3.63) is 35.9 Å². The topological polar surface area (TPSA) is 66.4 Å². The largest absolute Gasteiger partial charge is 0.391 e. The number of hydrogen-bond donors (Lipinski definition) is 1. The van der Waals surface area contributed by atoms with Gasteiger partial charge in [0.1, 0.15) is 24.4 Å². The Morgan fingerprint density at radius 2 is 1.83 bits per heavy atom. The van der Waals surface area contributed by atoms with Gasteiger partial charge in [0.05, 0.1) is 12.7 Å². The Hall–Kier alpha value is -1.02. The average molecular weight is 338 g/mol. The van der Waals surface area contributed by atoms with E-state index in [1.165, 1.54) is 0 Å². The first-order valence-corrected chi connectivity index (χ1v) is 8.29. The van der Waals surface area contributed by atoms with Gasteiger partial charge in [-0.1, -0.05) is 30.3 Å². The second kappa shape index (κ2) is 7.07. The molecule has 0 amide bonds. The first-order chi connectivity index (χ1) is 11.4. The van der Waals surface area contributed by atoms with Crippen molar-refractivity contribution in [1.29, 1.82) is 0 Å². The zero-order valence-corrected chi connectivity index (χ0v) is 14.5. The van der Waals surface area contributed by atoms with Crippen LogP contribution in [0.3, 0.4) is 0 Å². The maximum Gasteiger partial charge on any atom is 0.186 e. The number of aliphatic hydroxyl groups excluding tert-OH is 1. The summed E-state index contributed by atoms with van der Waals surface area (Å²) >= 11 is 0. The van der Waals surface area contributed by atoms with E-state index in [1.807, 2.05) is 44.2 Å². The lowest BCUT2D eigenvalue weighted by molar-refractivity contribution is -0.289. The van der Waals surface area contributed by atoms with Crippen molar-refractivity contribution in [2.24, 2.45) is 0 Å². The fraction of sp³-hybridized carbons (Fsp3) is 0.667. The quantitative estimate of drug-likeness (QED) is 0.884. The van der Waals surface area contributed by atoms with E-state index in [0.29, 0.717) is 6.61 Å². The van der Waals surface area contributed by atoms with Crippen LogP contribution in [-0.4, -0.2) is 54.8 Å². The van der Waals surface area contributed by atoms with Crippen LogP contribution in [0.2, 0.25) is 0 Å². The van der Waals surface area contributed by atoms with Crippen LogP contribution < -0.4 is 0 Å². The molecule has 2 fully saturated rings. The Morgan fingerprint density at radius 1 is 1.17 bits per heavy atom. The molecule has 3 rings (SSSR count). The van der Waals surface area contributed by atoms with Crippen LogP contribution in [0.5, 0.6) is 0 Å². The number of benzene rings is 1. The fourth-order valence-electron chi connectivity index (χ4n) is 3.31. The van der Waals surface area contributed by atoms with E-state index in [1.54, 1.807) is 14.0 Å². The van der Waals surface area contributed by atoms with Crippen LogP contribution in [0.25, 0.3) is 0 Å². The summed E-state index contributed by atoms with van der Waals surface area (Å²) in [5, 5.41) is 10.2. The van der Waals surface area contributed by atoms with Crippen LogP contribution >= 0.6 is 0 Å². The number of aliphatic hydroxyl groups is 1. The molecule has 134 valence electrons. The summed E-state index contributed by atoms with van der Waals surface area (Å²) in [5.74, 6) is -0.753. The van der Waals surface area contributed by atoms with Gasteiger partial charge in [0, 0.05) is 7.11 Å². The molecule has 0 spiro atoms. The molecule has 6 nitrogen and oxygen atoms in total. The summed E-state index contributed by atoms with van der Waals surface area (Å²) in [6.45, 7) is 5.79. The van der Waals surface area contributed by atoms with Gasteiger partial charge in [0.25, 0.3) is 0 Å². The highest BCUT2D eigenvalue weighted by Crippen LogP contribution is 2.39. The standard InChI is InChI=1S/C18H26O6/c1-11(19)13-14(21-10-12-8-6-5-7-9-12)15-16(17(20-4)22-13)24-18(2,3)23-15/h5-9,11,13-17,19H,10H2,1-4H3/t11-,13+,14+,15-,16-,17-/m0/s1. The van der Waals surface area contributed by atoms with Crippen LogP contribution in [-0.2, 0) is 30.3 Å². The Balaban J connectivity index is 1.80. The van der Waals surface area contributed by atoms with Crippen LogP contribution in [0, 0.1) is 0 Å². The monoisotopic (exact) mass is 338 g/mol. The van der Waals surface area contributed by atoms with Gasteiger partial charge in [-0.15, -0.1) is 0 Å². The summed E-state index contributed by atoms with van der Waals surface area (Å²) in [6, 6.07) is 9.87. The smallest absolute Gasteiger partial charge is 0.186 e. The minimum absolute atomic E-state index is 0.373. The van der Waals surface area contributed by atoms with Crippen molar-refractivity contribution >= 4 is 0 Å². The minimum Gasteiger partial charge on any atom is -0.391 e. The molecule has 0 aliphatic carbocycles. The third kappa shape index (κ3) is 3.64. The summed E-state index contributed by atoms with van der Waals surface area (Å²) in [5.41, 5.74) is 1.05. The van der Waals surface area contributed by atoms with Gasteiger partial charge in [0.15, 0.2) is 12.1 Å². The van der Waals surface area contributed by atoms with Gasteiger partial charge in [0.2, 0.25) is 0 Å². The number of ether oxygens (including phenoxy) is 5. The number of rotatable bonds is 5. The average Bonchev–Trinajstić information content (AvgIpc) is 2.88. The number of fused-ring (bicyclic) bond motifs is 1. The molecule has 0 unspecified atom stereocenters. The van der Waals surface area contributed by atoms with Crippen molar-refractivity contribution in [2.75, 3.05) is 7.11 Å². The van der Waals surface area contributed by atoms with Crippen LogP contribution in [0.15, 0.2) is 30.3 Å². The van der Waals surface area contributed by atoms with E-state index in [0.717, 1.165) is 5.56 Å². The molecule has 2 aliphatic heterocycles. The molecule has 24 heavy (non-hydrogen) atoms. The van der Waals surface area contributed by atoms with E-state index < -0.39 is 36.5 Å². The highest BCUT2D eigenvalue weighted by molar-refractivity contribution is 5.13. The Morgan fingerprint density at radius 3 is 2.46 bits per heavy atom. The zero-order chi connectivity index (χ0) is 17.3. The first-order valence-electron chi connectivity index (χ1n) is 8.29. The maximum absolute atomic E-state index is 10.2. The predicted octanol–water partition coefficient (Wildman–Crippen LogP) is 1.84. The van der Waals surface area contributed by atoms with Gasteiger partial charge in [-0.05, 0) is 26.3 Å². The Labute approximate surface area is 142 Å². The van der Waals surface area contributed by atoms with Gasteiger partial charge >= 0.3 is 0 Å². The molecule has 6 heteroatoms. The Kier molecular flexibility index (Phi) is 5.24. The molecule has 2 aliphatic rings. The van der Waals surface area contributed by atoms with Gasteiger partial charge in [-0.25, -0.2) is 0 Å². The minimum atomic E-state index is -0.753. The van der Waals surface area contributed by atoms with Crippen LogP contribution in [0.1, 0.15) is 26.3 Å². The Bertz CT molecular complexity index is 532. The second-order valence-electron chi connectivity index (χ2n) is 6.77. The molecule has 0 radical (unpaired) electrons. The lowest BCUT2D eigenvalue weighted by Gasteiger charge is -2.42. The van der Waals surface area contributed by atoms with Gasteiger partial charge in [-0.2, -0.15) is 0 Å². The number of hydrogen-bond acceptors (Lipinski definition) is 6. The van der Waals surface area contributed by atoms with Crippen molar-refractivity contribution in [3.63, 3.8) is 0 Å². The highest BCUT2D eigenvalue weighted by Gasteiger charge is 2.56. The summed E-state index contributed by atoms with van der Waals surface area (Å²) in [4.78, 5) is 0. The second-order valence-corrected chi connectivity index (χ2v) is 6.77. The zero-order valence-electron chi connectivity index (χ0n) is 14.5. The molecule has 1 N–H and O–H groups in total. The molecule has 2 heterocycles. The lowest BCUT2D eigenvalue weighted by atomic mass is 9.95. The van der Waals surface area contributed by atoms with Gasteiger partial charge in [-0.3, -0.25) is 0 Å². The third-order valence-electron chi connectivity index (χ3n) is 4.36. The molecule has 1 aromatic carbocycles. The van der Waals surface area contributed by atoms with Crippen LogP contribution in [0.4, 0.5) is 0 Å². The molecule has 0 bridgehead atoms. The van der Waals surface area contributed by atoms with E-state index in [-0.39, 0.29) is 6.10 Å². The molecule has 6 atom stereocenters. The van der Waals surface area contributed by atoms with Crippen molar-refractivity contribution in [2.45, 2.75) is 70.0 Å². The fourth-order valence-corrected chi connectivity index (χ4v) is 3.31. The van der Waals surface area contributed by atoms with E-state index in [4.69, 9.17) is 23.7 Å². The molecule has 0 saturated carbocycles. The number of methoxy groups -OCH3 is 1. The van der Waals surface area contributed by atoms with E-state index >= 15 is 0 Å². The summed E-state index contributed by atoms with van der Waals surface area (Å²) in [6.07, 6.45) is -3.12. The molecule has 1 aromatic rings. The maximum atomic E-state index is 10.2. The third-order valence-corrected chi connectivity index (χ3v) is 4.36. The summed E-state index contributed by atoms with van der Waals surface area (Å²) < 4.78 is 29.4. The molecule has 2 saturated heterocycles. The van der Waals surface area contributed by atoms with Gasteiger partial charge < -0.3 is 28.8 Å². The summed E-state index contributed by atoms with van der Waals surface area (Å²) in [7, 11) is 1.56.